The molecule has 15 heavy (non-hydrogen) atoms. The van der Waals surface area contributed by atoms with Gasteiger partial charge in [0.05, 0.1) is 29.2 Å². The maximum absolute atomic E-state index is 8.74. The monoisotopic (exact) mass is 199 g/mol. The highest BCUT2D eigenvalue weighted by Crippen LogP contribution is 2.07. The van der Waals surface area contributed by atoms with Crippen LogP contribution in [0.1, 0.15) is 11.3 Å². The molecule has 2 rings (SSSR count). The summed E-state index contributed by atoms with van der Waals surface area (Å²) in [6.45, 7) is 0.359. The van der Waals surface area contributed by atoms with Crippen LogP contribution in [0.25, 0.3) is 5.69 Å². The van der Waals surface area contributed by atoms with E-state index < -0.39 is 0 Å². The molecule has 0 aliphatic rings. The Morgan fingerprint density at radius 2 is 2.33 bits per heavy atom. The van der Waals surface area contributed by atoms with Crippen molar-refractivity contribution >= 4 is 0 Å². The first-order chi connectivity index (χ1) is 7.33. The number of nitrogens with zero attached hydrogens (tertiary/aromatic N) is 4. The summed E-state index contributed by atoms with van der Waals surface area (Å²) < 4.78 is 0. The zero-order valence-electron chi connectivity index (χ0n) is 7.96. The average molecular weight is 199 g/mol. The third-order valence-electron chi connectivity index (χ3n) is 1.95. The molecule has 0 aliphatic carbocycles. The maximum Gasteiger partial charge on any atom is 0.0992 e. The van der Waals surface area contributed by atoms with Gasteiger partial charge in [0, 0.05) is 6.54 Å². The summed E-state index contributed by atoms with van der Waals surface area (Å²) in [7, 11) is 0. The van der Waals surface area contributed by atoms with Crippen molar-refractivity contribution in [1.82, 2.24) is 15.0 Å². The van der Waals surface area contributed by atoms with E-state index in [2.05, 4.69) is 16.3 Å². The first kappa shape index (κ1) is 9.37. The first-order valence-corrected chi connectivity index (χ1v) is 4.45. The SMILES string of the molecule is N#Cc1cccc(-n2ncc(CN)n2)c1. The average Bonchev–Trinajstić information content (AvgIpc) is 2.78. The number of hydrogen-bond acceptors (Lipinski definition) is 4. The molecule has 74 valence electrons. The zero-order valence-corrected chi connectivity index (χ0v) is 7.96. The number of aromatic nitrogens is 3. The highest BCUT2D eigenvalue weighted by atomic mass is 15.5. The molecule has 0 amide bonds. The molecular weight excluding hydrogens is 190 g/mol. The summed E-state index contributed by atoms with van der Waals surface area (Å²) >= 11 is 0. The molecule has 0 radical (unpaired) electrons. The fourth-order valence-corrected chi connectivity index (χ4v) is 1.21. The Morgan fingerprint density at radius 3 is 3.00 bits per heavy atom. The molecule has 0 spiro atoms. The lowest BCUT2D eigenvalue weighted by molar-refractivity contribution is 0.737. The molecule has 2 N–H and O–H groups in total. The normalized spacial score (nSPS) is 9.87. The first-order valence-electron chi connectivity index (χ1n) is 4.45. The van der Waals surface area contributed by atoms with Gasteiger partial charge in [-0.15, -0.1) is 0 Å². The van der Waals surface area contributed by atoms with Crippen LogP contribution in [0.3, 0.4) is 0 Å². The van der Waals surface area contributed by atoms with Crippen molar-refractivity contribution in [2.24, 2.45) is 5.73 Å². The highest BCUT2D eigenvalue weighted by Gasteiger charge is 2.01. The molecule has 5 heteroatoms. The number of hydrogen-bond donors (Lipinski definition) is 1. The number of rotatable bonds is 2. The van der Waals surface area contributed by atoms with Crippen LogP contribution < -0.4 is 5.73 Å². The lowest BCUT2D eigenvalue weighted by Gasteiger charge is -1.98. The molecule has 0 atom stereocenters. The highest BCUT2D eigenvalue weighted by molar-refractivity contribution is 5.39. The van der Waals surface area contributed by atoms with E-state index in [9.17, 15) is 0 Å². The van der Waals surface area contributed by atoms with Crippen LogP contribution in [0.2, 0.25) is 0 Å². The molecule has 0 unspecified atom stereocenters. The Morgan fingerprint density at radius 1 is 1.47 bits per heavy atom. The van der Waals surface area contributed by atoms with Crippen molar-refractivity contribution in [2.45, 2.75) is 6.54 Å². The van der Waals surface area contributed by atoms with Gasteiger partial charge >= 0.3 is 0 Å². The third-order valence-corrected chi connectivity index (χ3v) is 1.95. The van der Waals surface area contributed by atoms with Gasteiger partial charge in [0.25, 0.3) is 0 Å². The van der Waals surface area contributed by atoms with E-state index in [1.807, 2.05) is 6.07 Å². The number of benzene rings is 1. The topological polar surface area (TPSA) is 80.5 Å². The molecule has 0 saturated heterocycles. The van der Waals surface area contributed by atoms with Crippen LogP contribution >= 0.6 is 0 Å². The minimum absolute atomic E-state index is 0.359. The zero-order chi connectivity index (χ0) is 10.7. The second-order valence-corrected chi connectivity index (χ2v) is 2.99. The number of nitrogens with two attached hydrogens (primary N) is 1. The molecular formula is C10H9N5. The Hall–Kier alpha value is -2.19. The van der Waals surface area contributed by atoms with E-state index in [1.54, 1.807) is 24.4 Å². The molecule has 0 bridgehead atoms. The van der Waals surface area contributed by atoms with Crippen LogP contribution in [0.4, 0.5) is 0 Å². The fourth-order valence-electron chi connectivity index (χ4n) is 1.21. The minimum atomic E-state index is 0.359. The summed E-state index contributed by atoms with van der Waals surface area (Å²) in [4.78, 5) is 1.46. The van der Waals surface area contributed by atoms with Crippen molar-refractivity contribution in [2.75, 3.05) is 0 Å². The van der Waals surface area contributed by atoms with E-state index in [4.69, 9.17) is 11.0 Å². The smallest absolute Gasteiger partial charge is 0.0992 e. The van der Waals surface area contributed by atoms with Crippen LogP contribution in [0.5, 0.6) is 0 Å². The number of nitriles is 1. The molecule has 1 aromatic heterocycles. The van der Waals surface area contributed by atoms with E-state index in [0.29, 0.717) is 12.1 Å². The maximum atomic E-state index is 8.74. The van der Waals surface area contributed by atoms with Crippen LogP contribution in [0, 0.1) is 11.3 Å². The van der Waals surface area contributed by atoms with E-state index >= 15 is 0 Å². The van der Waals surface area contributed by atoms with E-state index in [1.165, 1.54) is 4.80 Å². The second-order valence-electron chi connectivity index (χ2n) is 2.99. The van der Waals surface area contributed by atoms with Crippen molar-refractivity contribution < 1.29 is 0 Å². The molecule has 0 fully saturated rings. The summed E-state index contributed by atoms with van der Waals surface area (Å²) in [5.41, 5.74) is 7.49. The van der Waals surface area contributed by atoms with Gasteiger partial charge in [-0.1, -0.05) is 6.07 Å². The van der Waals surface area contributed by atoms with Crippen LogP contribution in [-0.2, 0) is 6.54 Å². The largest absolute Gasteiger partial charge is 0.325 e. The summed E-state index contributed by atoms with van der Waals surface area (Å²) in [6, 6.07) is 9.15. The van der Waals surface area contributed by atoms with E-state index in [0.717, 1.165) is 11.4 Å². The van der Waals surface area contributed by atoms with Crippen molar-refractivity contribution in [3.63, 3.8) is 0 Å². The molecule has 0 saturated carbocycles. The van der Waals surface area contributed by atoms with Gasteiger partial charge in [-0.3, -0.25) is 0 Å². The van der Waals surface area contributed by atoms with E-state index in [-0.39, 0.29) is 0 Å². The Labute approximate surface area is 86.7 Å². The predicted molar refractivity (Wildman–Crippen MR) is 54.0 cm³/mol. The lowest BCUT2D eigenvalue weighted by Crippen LogP contribution is -2.01. The van der Waals surface area contributed by atoms with Crippen molar-refractivity contribution in [3.05, 3.63) is 41.7 Å². The van der Waals surface area contributed by atoms with Gasteiger partial charge in [0.2, 0.25) is 0 Å². The second kappa shape index (κ2) is 3.90. The quantitative estimate of drug-likeness (QED) is 0.767. The van der Waals surface area contributed by atoms with Gasteiger partial charge in [0.15, 0.2) is 0 Å². The van der Waals surface area contributed by atoms with Crippen molar-refractivity contribution in [1.29, 1.82) is 5.26 Å². The summed E-state index contributed by atoms with van der Waals surface area (Å²) in [6.07, 6.45) is 1.61. The summed E-state index contributed by atoms with van der Waals surface area (Å²) in [5, 5.41) is 16.9. The molecule has 5 nitrogen and oxygen atoms in total. The van der Waals surface area contributed by atoms with Crippen LogP contribution in [0.15, 0.2) is 30.5 Å². The van der Waals surface area contributed by atoms with Gasteiger partial charge in [-0.25, -0.2) is 0 Å². The molecule has 1 aromatic carbocycles. The lowest BCUT2D eigenvalue weighted by atomic mass is 10.2. The fraction of sp³-hybridized carbons (Fsp3) is 0.100. The van der Waals surface area contributed by atoms with Gasteiger partial charge in [-0.2, -0.15) is 20.3 Å². The summed E-state index contributed by atoms with van der Waals surface area (Å²) in [5.74, 6) is 0. The minimum Gasteiger partial charge on any atom is -0.325 e. The third kappa shape index (κ3) is 1.85. The Kier molecular flexibility index (Phi) is 2.44. The molecule has 2 aromatic rings. The molecule has 1 heterocycles. The Balaban J connectivity index is 2.41. The Bertz CT molecular complexity index is 509. The van der Waals surface area contributed by atoms with Gasteiger partial charge in [0.1, 0.15) is 0 Å². The van der Waals surface area contributed by atoms with Gasteiger partial charge < -0.3 is 5.73 Å². The predicted octanol–water partition coefficient (Wildman–Crippen LogP) is 0.598. The van der Waals surface area contributed by atoms with Crippen LogP contribution in [-0.4, -0.2) is 15.0 Å². The standard InChI is InChI=1S/C10H9N5/c11-5-8-2-1-3-10(4-8)15-13-7-9(6-12)14-15/h1-4,7H,6,12H2. The molecule has 0 aliphatic heterocycles. The van der Waals surface area contributed by atoms with Crippen molar-refractivity contribution in [3.8, 4) is 11.8 Å². The van der Waals surface area contributed by atoms with Gasteiger partial charge in [-0.05, 0) is 18.2 Å².